The van der Waals surface area contributed by atoms with Crippen LogP contribution < -0.4 is 16.2 Å². The lowest BCUT2D eigenvalue weighted by Crippen LogP contribution is -2.29. The molecule has 1 heterocycles. The topological polar surface area (TPSA) is 77.0 Å². The zero-order valence-electron chi connectivity index (χ0n) is 12.9. The lowest BCUT2D eigenvalue weighted by Gasteiger charge is -2.18. The Morgan fingerprint density at radius 3 is 2.58 bits per heavy atom. The molecule has 3 rings (SSSR count). The van der Waals surface area contributed by atoms with Crippen LogP contribution in [0.15, 0.2) is 48.5 Å². The van der Waals surface area contributed by atoms with Crippen molar-refractivity contribution in [2.24, 2.45) is 5.92 Å². The van der Waals surface area contributed by atoms with Crippen LogP contribution in [0.3, 0.4) is 0 Å². The van der Waals surface area contributed by atoms with Crippen molar-refractivity contribution >= 4 is 23.2 Å². The van der Waals surface area contributed by atoms with Gasteiger partial charge in [0.25, 0.3) is 0 Å². The van der Waals surface area contributed by atoms with Crippen LogP contribution in [0.4, 0.5) is 5.69 Å². The summed E-state index contributed by atoms with van der Waals surface area (Å²) < 4.78 is 0. The number of nitrogens with zero attached hydrogens (tertiary/aromatic N) is 1. The number of nitriles is 1. The van der Waals surface area contributed by atoms with Gasteiger partial charge in [0.15, 0.2) is 0 Å². The fraction of sp³-hybridized carbons (Fsp3) is 0.222. The third-order valence-electron chi connectivity index (χ3n) is 4.05. The standard InChI is InChI=1S/C18H17ClN4O/c19-14-5-3-13(4-6-14)17-16(11-21-23-17)18(24)22-15-7-1-12(2-8-15)9-10-20/h1-8,16-17,21,23H,9,11H2,(H,22,24). The Hall–Kier alpha value is -2.39. The molecule has 5 nitrogen and oxygen atoms in total. The second-order valence-electron chi connectivity index (χ2n) is 5.68. The number of hydrogen-bond donors (Lipinski definition) is 3. The molecule has 0 radical (unpaired) electrons. The van der Waals surface area contributed by atoms with Crippen LogP contribution in [0.25, 0.3) is 0 Å². The second kappa shape index (κ2) is 7.45. The van der Waals surface area contributed by atoms with Crippen molar-refractivity contribution in [3.8, 4) is 6.07 Å². The van der Waals surface area contributed by atoms with Crippen LogP contribution in [0.1, 0.15) is 17.2 Å². The Balaban J connectivity index is 1.69. The number of benzene rings is 2. The van der Waals surface area contributed by atoms with Crippen LogP contribution in [-0.2, 0) is 11.2 Å². The molecule has 2 atom stereocenters. The van der Waals surface area contributed by atoms with Gasteiger partial charge < -0.3 is 5.32 Å². The van der Waals surface area contributed by atoms with Crippen molar-refractivity contribution in [2.45, 2.75) is 12.5 Å². The first kappa shape index (κ1) is 16.5. The zero-order chi connectivity index (χ0) is 16.9. The zero-order valence-corrected chi connectivity index (χ0v) is 13.7. The van der Waals surface area contributed by atoms with Crippen molar-refractivity contribution in [3.63, 3.8) is 0 Å². The average Bonchev–Trinajstić information content (AvgIpc) is 3.07. The minimum atomic E-state index is -0.232. The monoisotopic (exact) mass is 340 g/mol. The third-order valence-corrected chi connectivity index (χ3v) is 4.30. The molecule has 2 aromatic rings. The maximum atomic E-state index is 12.6. The normalized spacial score (nSPS) is 19.7. The summed E-state index contributed by atoms with van der Waals surface area (Å²) in [5.41, 5.74) is 8.86. The van der Waals surface area contributed by atoms with Gasteiger partial charge in [0.1, 0.15) is 0 Å². The van der Waals surface area contributed by atoms with Crippen LogP contribution >= 0.6 is 11.6 Å². The smallest absolute Gasteiger partial charge is 0.230 e. The lowest BCUT2D eigenvalue weighted by molar-refractivity contribution is -0.119. The van der Waals surface area contributed by atoms with Crippen molar-refractivity contribution in [3.05, 3.63) is 64.7 Å². The summed E-state index contributed by atoms with van der Waals surface area (Å²) in [5, 5.41) is 12.3. The van der Waals surface area contributed by atoms with Crippen molar-refractivity contribution in [1.82, 2.24) is 10.9 Å². The maximum Gasteiger partial charge on any atom is 0.230 e. The maximum absolute atomic E-state index is 12.6. The largest absolute Gasteiger partial charge is 0.326 e. The number of hydrazine groups is 1. The molecule has 1 aliphatic heterocycles. The van der Waals surface area contributed by atoms with Gasteiger partial charge in [0, 0.05) is 17.3 Å². The number of nitrogens with one attached hydrogen (secondary N) is 3. The molecule has 6 heteroatoms. The van der Waals surface area contributed by atoms with E-state index in [-0.39, 0.29) is 17.9 Å². The Morgan fingerprint density at radius 2 is 1.92 bits per heavy atom. The summed E-state index contributed by atoms with van der Waals surface area (Å²) in [5.74, 6) is -0.287. The molecule has 1 fully saturated rings. The SMILES string of the molecule is N#CCc1ccc(NC(=O)C2CNNC2c2ccc(Cl)cc2)cc1. The quantitative estimate of drug-likeness (QED) is 0.800. The van der Waals surface area contributed by atoms with Gasteiger partial charge in [-0.05, 0) is 35.4 Å². The highest BCUT2D eigenvalue weighted by Gasteiger charge is 2.33. The molecule has 2 aromatic carbocycles. The fourth-order valence-corrected chi connectivity index (χ4v) is 2.89. The van der Waals surface area contributed by atoms with Crippen molar-refractivity contribution in [2.75, 3.05) is 11.9 Å². The van der Waals surface area contributed by atoms with E-state index in [2.05, 4.69) is 22.2 Å². The molecule has 2 unspecified atom stereocenters. The molecule has 0 aromatic heterocycles. The molecule has 122 valence electrons. The molecular weight excluding hydrogens is 324 g/mol. The fourth-order valence-electron chi connectivity index (χ4n) is 2.76. The van der Waals surface area contributed by atoms with E-state index in [1.807, 2.05) is 48.5 Å². The Kier molecular flexibility index (Phi) is 5.11. The molecule has 0 spiro atoms. The minimum absolute atomic E-state index is 0.0551. The highest BCUT2D eigenvalue weighted by atomic mass is 35.5. The van der Waals surface area contributed by atoms with E-state index in [0.29, 0.717) is 18.0 Å². The second-order valence-corrected chi connectivity index (χ2v) is 6.12. The first-order chi connectivity index (χ1) is 11.7. The Labute approximate surface area is 145 Å². The van der Waals surface area contributed by atoms with E-state index in [1.54, 1.807) is 0 Å². The summed E-state index contributed by atoms with van der Waals surface area (Å²) in [4.78, 5) is 12.6. The van der Waals surface area contributed by atoms with Gasteiger partial charge in [-0.2, -0.15) is 5.26 Å². The van der Waals surface area contributed by atoms with Gasteiger partial charge in [0.2, 0.25) is 5.91 Å². The van der Waals surface area contributed by atoms with E-state index in [0.717, 1.165) is 16.8 Å². The van der Waals surface area contributed by atoms with Gasteiger partial charge in [-0.3, -0.25) is 10.2 Å². The summed E-state index contributed by atoms with van der Waals surface area (Å²) in [7, 11) is 0. The molecule has 24 heavy (non-hydrogen) atoms. The van der Waals surface area contributed by atoms with E-state index in [1.165, 1.54) is 0 Å². The first-order valence-electron chi connectivity index (χ1n) is 7.68. The predicted molar refractivity (Wildman–Crippen MR) is 93.2 cm³/mol. The van der Waals surface area contributed by atoms with Crippen molar-refractivity contribution in [1.29, 1.82) is 5.26 Å². The third kappa shape index (κ3) is 3.74. The summed E-state index contributed by atoms with van der Waals surface area (Å²) >= 11 is 5.92. The Bertz CT molecular complexity index is 752. The lowest BCUT2D eigenvalue weighted by atomic mass is 9.94. The summed E-state index contributed by atoms with van der Waals surface area (Å²) in [6.07, 6.45) is 0.364. The first-order valence-corrected chi connectivity index (χ1v) is 8.06. The van der Waals surface area contributed by atoms with E-state index in [9.17, 15) is 4.79 Å². The minimum Gasteiger partial charge on any atom is -0.326 e. The summed E-state index contributed by atoms with van der Waals surface area (Å²) in [6.45, 7) is 0.547. The molecule has 0 bridgehead atoms. The van der Waals surface area contributed by atoms with Crippen LogP contribution in [0.2, 0.25) is 5.02 Å². The van der Waals surface area contributed by atoms with Gasteiger partial charge in [0.05, 0.1) is 24.4 Å². The molecule has 1 saturated heterocycles. The Morgan fingerprint density at radius 1 is 1.21 bits per heavy atom. The van der Waals surface area contributed by atoms with Crippen LogP contribution in [0, 0.1) is 17.2 Å². The van der Waals surface area contributed by atoms with Gasteiger partial charge in [-0.1, -0.05) is 35.9 Å². The van der Waals surface area contributed by atoms with E-state index in [4.69, 9.17) is 16.9 Å². The molecule has 1 aliphatic rings. The van der Waals surface area contributed by atoms with Crippen LogP contribution in [0.5, 0.6) is 0 Å². The van der Waals surface area contributed by atoms with Crippen LogP contribution in [-0.4, -0.2) is 12.5 Å². The van der Waals surface area contributed by atoms with Crippen molar-refractivity contribution < 1.29 is 4.79 Å². The highest BCUT2D eigenvalue weighted by molar-refractivity contribution is 6.30. The van der Waals surface area contributed by atoms with E-state index >= 15 is 0 Å². The molecule has 1 amide bonds. The number of carbonyl (C=O) groups excluding carboxylic acids is 1. The van der Waals surface area contributed by atoms with Gasteiger partial charge in [-0.15, -0.1) is 0 Å². The number of anilines is 1. The van der Waals surface area contributed by atoms with Gasteiger partial charge in [-0.25, -0.2) is 5.43 Å². The molecule has 3 N–H and O–H groups in total. The number of halogens is 1. The molecule has 0 saturated carbocycles. The molecule has 0 aliphatic carbocycles. The summed E-state index contributed by atoms with van der Waals surface area (Å²) in [6, 6.07) is 16.8. The number of amides is 1. The van der Waals surface area contributed by atoms with Gasteiger partial charge >= 0.3 is 0 Å². The number of carbonyl (C=O) groups is 1. The average molecular weight is 341 g/mol. The number of rotatable bonds is 4. The predicted octanol–water partition coefficient (Wildman–Crippen LogP) is 2.81. The number of hydrogen-bond acceptors (Lipinski definition) is 4. The highest BCUT2D eigenvalue weighted by Crippen LogP contribution is 2.27. The molecular formula is C18H17ClN4O. The van der Waals surface area contributed by atoms with E-state index < -0.39 is 0 Å².